The quantitative estimate of drug-likeness (QED) is 0.143. The Bertz CT molecular complexity index is 1000. The van der Waals surface area contributed by atoms with E-state index >= 15 is 0 Å². The van der Waals surface area contributed by atoms with Gasteiger partial charge in [-0.25, -0.2) is 9.59 Å². The highest BCUT2D eigenvalue weighted by molar-refractivity contribution is 7.99. The fourth-order valence-corrected chi connectivity index (χ4v) is 4.50. The van der Waals surface area contributed by atoms with Crippen LogP contribution in [-0.4, -0.2) is 70.8 Å². The molecule has 11 heteroatoms. The number of amides is 2. The number of nitro benzene ring substituents is 1. The van der Waals surface area contributed by atoms with E-state index < -0.39 is 17.0 Å². The number of nitrogens with one attached hydrogen (secondary N) is 1. The van der Waals surface area contributed by atoms with E-state index in [2.05, 4.69) is 12.2 Å². The molecule has 2 aromatic carbocycles. The molecule has 2 aromatic rings. The lowest BCUT2D eigenvalue weighted by atomic mass is 10.1. The monoisotopic (exact) mass is 547 g/mol. The minimum Gasteiger partial charge on any atom is -0.492 e. The second-order valence-corrected chi connectivity index (χ2v) is 9.74. The summed E-state index contributed by atoms with van der Waals surface area (Å²) in [5.41, 5.74) is 1.26. The molecule has 2 amide bonds. The summed E-state index contributed by atoms with van der Waals surface area (Å²) >= 11 is 1.80. The zero-order valence-corrected chi connectivity index (χ0v) is 22.8. The maximum atomic E-state index is 13.0. The largest absolute Gasteiger partial charge is 0.492 e. The van der Waals surface area contributed by atoms with Gasteiger partial charge in [-0.2, -0.15) is 11.8 Å². The highest BCUT2D eigenvalue weighted by atomic mass is 32.2. The molecular formula is C27H37N3O7S. The first kappa shape index (κ1) is 30.9. The smallest absolute Gasteiger partial charge is 0.333 e. The fourth-order valence-electron chi connectivity index (χ4n) is 3.54. The number of rotatable bonds is 18. The van der Waals surface area contributed by atoms with Gasteiger partial charge in [0.15, 0.2) is 6.10 Å². The van der Waals surface area contributed by atoms with E-state index in [1.165, 1.54) is 30.7 Å². The molecule has 0 aliphatic heterocycles. The summed E-state index contributed by atoms with van der Waals surface area (Å²) in [5, 5.41) is 22.9. The van der Waals surface area contributed by atoms with Gasteiger partial charge in [0.05, 0.1) is 11.5 Å². The van der Waals surface area contributed by atoms with Crippen molar-refractivity contribution < 1.29 is 29.1 Å². The first-order valence-electron chi connectivity index (χ1n) is 12.8. The number of unbranched alkanes of at least 4 members (excludes halogenated alkanes) is 2. The standard InChI is InChI=1S/C27H37N3O7S/c1-3-5-6-18-38-19-16-29(27(33)28-22-9-11-23(12-10-22)30(34)35)15-17-37-24-13-7-21(8-14-24)20-25(26(31)32)36-4-2/h7-14,25H,3-6,15-20H2,1-2H3,(H,28,33)(H,31,32). The second-order valence-electron chi connectivity index (χ2n) is 8.52. The van der Waals surface area contributed by atoms with Crippen LogP contribution in [0.1, 0.15) is 38.7 Å². The van der Waals surface area contributed by atoms with E-state index in [4.69, 9.17) is 9.47 Å². The predicted molar refractivity (Wildman–Crippen MR) is 149 cm³/mol. The number of carbonyl (C=O) groups is 2. The molecule has 1 unspecified atom stereocenters. The number of benzene rings is 2. The van der Waals surface area contributed by atoms with Crippen molar-refractivity contribution in [2.45, 2.75) is 45.6 Å². The van der Waals surface area contributed by atoms with Gasteiger partial charge < -0.3 is 24.8 Å². The number of hydrogen-bond acceptors (Lipinski definition) is 7. The van der Waals surface area contributed by atoms with Crippen LogP contribution in [0, 0.1) is 10.1 Å². The molecule has 0 spiro atoms. The fraction of sp³-hybridized carbons (Fsp3) is 0.481. The molecule has 0 saturated heterocycles. The summed E-state index contributed by atoms with van der Waals surface area (Å²) in [6.45, 7) is 5.39. The van der Waals surface area contributed by atoms with Gasteiger partial charge in [-0.15, -0.1) is 0 Å². The lowest BCUT2D eigenvalue weighted by Gasteiger charge is -2.23. The van der Waals surface area contributed by atoms with Gasteiger partial charge in [0, 0.05) is 43.1 Å². The van der Waals surface area contributed by atoms with Crippen molar-refractivity contribution in [3.8, 4) is 5.75 Å². The molecule has 38 heavy (non-hydrogen) atoms. The third-order valence-electron chi connectivity index (χ3n) is 5.63. The SMILES string of the molecule is CCCCCSCCN(CCOc1ccc(CC(OCC)C(=O)O)cc1)C(=O)Nc1ccc([N+](=O)[O-])cc1. The average molecular weight is 548 g/mol. The van der Waals surface area contributed by atoms with E-state index in [9.17, 15) is 24.8 Å². The minimum atomic E-state index is -0.997. The van der Waals surface area contributed by atoms with E-state index in [-0.39, 0.29) is 24.7 Å². The van der Waals surface area contributed by atoms with Crippen LogP contribution in [0.15, 0.2) is 48.5 Å². The van der Waals surface area contributed by atoms with Crippen molar-refractivity contribution in [1.82, 2.24) is 4.90 Å². The number of nitro groups is 1. The summed E-state index contributed by atoms with van der Waals surface area (Å²) < 4.78 is 11.1. The molecule has 0 fully saturated rings. The number of anilines is 1. The lowest BCUT2D eigenvalue weighted by Crippen LogP contribution is -2.39. The van der Waals surface area contributed by atoms with Gasteiger partial charge in [0.25, 0.3) is 5.69 Å². The predicted octanol–water partition coefficient (Wildman–Crippen LogP) is 5.46. The Morgan fingerprint density at radius 3 is 2.37 bits per heavy atom. The first-order chi connectivity index (χ1) is 18.3. The Morgan fingerprint density at radius 1 is 1.05 bits per heavy atom. The number of non-ortho nitro benzene ring substituents is 1. The number of aliphatic carboxylic acids is 1. The zero-order chi connectivity index (χ0) is 27.8. The van der Waals surface area contributed by atoms with Crippen LogP contribution >= 0.6 is 11.8 Å². The molecule has 0 radical (unpaired) electrons. The second kappa shape index (κ2) is 17.2. The number of carboxylic acid groups (broad SMARTS) is 1. The molecule has 0 aliphatic rings. The van der Waals surface area contributed by atoms with Gasteiger partial charge in [0.1, 0.15) is 12.4 Å². The van der Waals surface area contributed by atoms with Gasteiger partial charge in [-0.05, 0) is 48.9 Å². The Labute approximate surface area is 227 Å². The maximum Gasteiger partial charge on any atom is 0.333 e. The normalized spacial score (nSPS) is 11.5. The van der Waals surface area contributed by atoms with Crippen LogP contribution < -0.4 is 10.1 Å². The molecule has 2 rings (SSSR count). The highest BCUT2D eigenvalue weighted by Crippen LogP contribution is 2.17. The van der Waals surface area contributed by atoms with Crippen molar-refractivity contribution in [3.63, 3.8) is 0 Å². The van der Waals surface area contributed by atoms with Crippen LogP contribution in [0.4, 0.5) is 16.2 Å². The first-order valence-corrected chi connectivity index (χ1v) is 13.9. The molecule has 0 saturated carbocycles. The summed E-state index contributed by atoms with van der Waals surface area (Å²) in [5.74, 6) is 1.45. The van der Waals surface area contributed by atoms with Gasteiger partial charge >= 0.3 is 12.0 Å². The van der Waals surface area contributed by atoms with Crippen LogP contribution in [-0.2, 0) is 16.0 Å². The average Bonchev–Trinajstić information content (AvgIpc) is 2.90. The van der Waals surface area contributed by atoms with Gasteiger partial charge in [-0.3, -0.25) is 10.1 Å². The minimum absolute atomic E-state index is 0.0425. The number of carbonyl (C=O) groups excluding carboxylic acids is 1. The third-order valence-corrected chi connectivity index (χ3v) is 6.68. The van der Waals surface area contributed by atoms with Crippen molar-refractivity contribution in [3.05, 3.63) is 64.2 Å². The van der Waals surface area contributed by atoms with Crippen LogP contribution in [0.2, 0.25) is 0 Å². The van der Waals surface area contributed by atoms with E-state index in [1.54, 1.807) is 47.9 Å². The van der Waals surface area contributed by atoms with Crippen molar-refractivity contribution in [2.75, 3.05) is 43.1 Å². The molecule has 0 aromatic heterocycles. The number of ether oxygens (including phenoxy) is 2. The number of thioether (sulfide) groups is 1. The van der Waals surface area contributed by atoms with Crippen LogP contribution in [0.3, 0.4) is 0 Å². The van der Waals surface area contributed by atoms with Gasteiger partial charge in [0.2, 0.25) is 0 Å². The Kier molecular flexibility index (Phi) is 14.0. The Morgan fingerprint density at radius 2 is 1.76 bits per heavy atom. The van der Waals surface area contributed by atoms with Gasteiger partial charge in [-0.1, -0.05) is 31.9 Å². The Balaban J connectivity index is 1.92. The maximum absolute atomic E-state index is 13.0. The topological polar surface area (TPSA) is 131 Å². The van der Waals surface area contributed by atoms with Crippen LogP contribution in [0.5, 0.6) is 5.75 Å². The zero-order valence-electron chi connectivity index (χ0n) is 22.0. The molecule has 1 atom stereocenters. The van der Waals surface area contributed by atoms with Crippen molar-refractivity contribution in [2.24, 2.45) is 0 Å². The third kappa shape index (κ3) is 11.4. The summed E-state index contributed by atoms with van der Waals surface area (Å²) in [6.07, 6.45) is 2.86. The molecule has 208 valence electrons. The summed E-state index contributed by atoms with van der Waals surface area (Å²) in [4.78, 5) is 36.3. The highest BCUT2D eigenvalue weighted by Gasteiger charge is 2.18. The summed E-state index contributed by atoms with van der Waals surface area (Å²) in [7, 11) is 0. The number of urea groups is 1. The molecule has 10 nitrogen and oxygen atoms in total. The molecule has 2 N–H and O–H groups in total. The molecular weight excluding hydrogens is 510 g/mol. The number of nitrogens with zero attached hydrogens (tertiary/aromatic N) is 2. The van der Waals surface area contributed by atoms with E-state index in [1.807, 2.05) is 0 Å². The number of carboxylic acids is 1. The van der Waals surface area contributed by atoms with E-state index in [0.717, 1.165) is 29.9 Å². The molecule has 0 heterocycles. The summed E-state index contributed by atoms with van der Waals surface area (Å²) in [6, 6.07) is 12.6. The Hall–Kier alpha value is -3.31. The molecule has 0 aliphatic carbocycles. The van der Waals surface area contributed by atoms with Crippen LogP contribution in [0.25, 0.3) is 0 Å². The van der Waals surface area contributed by atoms with Crippen molar-refractivity contribution in [1.29, 1.82) is 0 Å². The van der Waals surface area contributed by atoms with Crippen molar-refractivity contribution >= 4 is 35.1 Å². The number of hydrogen-bond donors (Lipinski definition) is 2. The lowest BCUT2D eigenvalue weighted by molar-refractivity contribution is -0.384. The molecule has 0 bridgehead atoms. The van der Waals surface area contributed by atoms with E-state index in [0.29, 0.717) is 31.1 Å².